The smallest absolute Gasteiger partial charge is 0.272 e. The first-order valence-electron chi connectivity index (χ1n) is 11.7. The maximum atomic E-state index is 13.2. The number of rotatable bonds is 10. The van der Waals surface area contributed by atoms with Crippen molar-refractivity contribution < 1.29 is 28.5 Å². The number of anilines is 1. The number of unbranched alkanes of at least 4 members (excludes halogenated alkanes) is 1. The van der Waals surface area contributed by atoms with Crippen LogP contribution in [0.5, 0.6) is 23.0 Å². The van der Waals surface area contributed by atoms with Gasteiger partial charge in [-0.25, -0.2) is 0 Å². The molecule has 0 bridgehead atoms. The fourth-order valence-corrected chi connectivity index (χ4v) is 3.43. The lowest BCUT2D eigenvalue weighted by Crippen LogP contribution is -2.30. The summed E-state index contributed by atoms with van der Waals surface area (Å²) in [5.41, 5.74) is 1.68. The molecule has 36 heavy (non-hydrogen) atoms. The van der Waals surface area contributed by atoms with Gasteiger partial charge in [-0.1, -0.05) is 19.4 Å². The van der Waals surface area contributed by atoms with Gasteiger partial charge in [0.15, 0.2) is 11.5 Å². The first-order valence-corrected chi connectivity index (χ1v) is 11.7. The van der Waals surface area contributed by atoms with Gasteiger partial charge in [0.2, 0.25) is 6.79 Å². The van der Waals surface area contributed by atoms with Crippen LogP contribution in [0, 0.1) is 0 Å². The number of nitrogens with one attached hydrogen (secondary N) is 2. The molecule has 0 saturated heterocycles. The van der Waals surface area contributed by atoms with Crippen molar-refractivity contribution in [2.45, 2.75) is 19.8 Å². The molecule has 4 rings (SSSR count). The Morgan fingerprint density at radius 3 is 2.39 bits per heavy atom. The number of ether oxygens (including phenoxy) is 4. The molecule has 8 nitrogen and oxygen atoms in total. The Kier molecular flexibility index (Phi) is 8.08. The summed E-state index contributed by atoms with van der Waals surface area (Å²) >= 11 is 0. The molecule has 0 spiro atoms. The zero-order valence-electron chi connectivity index (χ0n) is 20.2. The van der Waals surface area contributed by atoms with Crippen molar-refractivity contribution in [3.8, 4) is 23.0 Å². The molecule has 1 heterocycles. The lowest BCUT2D eigenvalue weighted by Gasteiger charge is -2.12. The minimum Gasteiger partial charge on any atom is -0.497 e. The van der Waals surface area contributed by atoms with E-state index in [1.807, 2.05) is 0 Å². The molecule has 2 amide bonds. The number of hydrogen-bond acceptors (Lipinski definition) is 6. The molecule has 0 radical (unpaired) electrons. The fraction of sp³-hybridized carbons (Fsp3) is 0.214. The van der Waals surface area contributed by atoms with Gasteiger partial charge >= 0.3 is 0 Å². The predicted molar refractivity (Wildman–Crippen MR) is 136 cm³/mol. The number of amides is 2. The van der Waals surface area contributed by atoms with Gasteiger partial charge in [0.05, 0.1) is 13.7 Å². The maximum Gasteiger partial charge on any atom is 0.272 e. The molecule has 1 aliphatic heterocycles. The summed E-state index contributed by atoms with van der Waals surface area (Å²) in [7, 11) is 1.57. The van der Waals surface area contributed by atoms with Crippen LogP contribution in [0.15, 0.2) is 72.4 Å². The van der Waals surface area contributed by atoms with E-state index in [4.69, 9.17) is 18.9 Å². The molecule has 186 valence electrons. The normalized spacial score (nSPS) is 12.1. The number of hydrogen-bond donors (Lipinski definition) is 2. The molecular weight excluding hydrogens is 460 g/mol. The predicted octanol–water partition coefficient (Wildman–Crippen LogP) is 5.01. The largest absolute Gasteiger partial charge is 0.497 e. The van der Waals surface area contributed by atoms with Crippen LogP contribution in [0.3, 0.4) is 0 Å². The number of fused-ring (bicyclic) bond motifs is 1. The van der Waals surface area contributed by atoms with E-state index < -0.39 is 11.8 Å². The molecule has 1 aliphatic rings. The zero-order valence-corrected chi connectivity index (χ0v) is 20.2. The van der Waals surface area contributed by atoms with Crippen molar-refractivity contribution in [2.75, 3.05) is 25.8 Å². The molecule has 0 saturated carbocycles. The summed E-state index contributed by atoms with van der Waals surface area (Å²) in [6, 6.07) is 19.0. The van der Waals surface area contributed by atoms with Crippen molar-refractivity contribution in [2.24, 2.45) is 0 Å². The second-order valence-electron chi connectivity index (χ2n) is 8.03. The molecule has 2 N–H and O–H groups in total. The fourth-order valence-electron chi connectivity index (χ4n) is 3.43. The minimum absolute atomic E-state index is 0.0676. The van der Waals surface area contributed by atoms with Crippen LogP contribution in [-0.2, 0) is 4.79 Å². The average Bonchev–Trinajstić information content (AvgIpc) is 3.37. The average molecular weight is 489 g/mol. The third kappa shape index (κ3) is 6.35. The van der Waals surface area contributed by atoms with Crippen LogP contribution in [0.4, 0.5) is 5.69 Å². The molecule has 3 aromatic carbocycles. The highest BCUT2D eigenvalue weighted by molar-refractivity contribution is 6.10. The first kappa shape index (κ1) is 24.7. The van der Waals surface area contributed by atoms with Gasteiger partial charge in [-0.15, -0.1) is 0 Å². The third-order valence-corrected chi connectivity index (χ3v) is 5.43. The quantitative estimate of drug-likeness (QED) is 0.308. The van der Waals surface area contributed by atoms with Crippen LogP contribution in [0.25, 0.3) is 6.08 Å². The topological polar surface area (TPSA) is 95.1 Å². The van der Waals surface area contributed by atoms with Crippen LogP contribution >= 0.6 is 0 Å². The third-order valence-electron chi connectivity index (χ3n) is 5.43. The van der Waals surface area contributed by atoms with Crippen molar-refractivity contribution in [1.82, 2.24) is 5.32 Å². The standard InChI is InChI=1S/C28H28N2O6/c1-3-4-15-34-23-10-6-20(7-11-23)27(31)30-24(16-19-5-14-25-26(17-19)36-18-35-25)28(32)29-21-8-12-22(33-2)13-9-21/h5-14,16-17H,3-4,15,18H2,1-2H3,(H,29,32)(H,30,31). The number of carbonyl (C=O) groups excluding carboxylic acids is 2. The highest BCUT2D eigenvalue weighted by Crippen LogP contribution is 2.33. The van der Waals surface area contributed by atoms with E-state index in [1.54, 1.807) is 79.9 Å². The van der Waals surface area contributed by atoms with Gasteiger partial charge in [-0.05, 0) is 78.7 Å². The van der Waals surface area contributed by atoms with Crippen LogP contribution in [-0.4, -0.2) is 32.3 Å². The second kappa shape index (κ2) is 11.8. The highest BCUT2D eigenvalue weighted by Gasteiger charge is 2.17. The van der Waals surface area contributed by atoms with Crippen molar-refractivity contribution in [3.63, 3.8) is 0 Å². The summed E-state index contributed by atoms with van der Waals surface area (Å²) < 4.78 is 21.6. The van der Waals surface area contributed by atoms with Gasteiger partial charge < -0.3 is 29.6 Å². The van der Waals surface area contributed by atoms with Gasteiger partial charge in [0, 0.05) is 11.3 Å². The number of methoxy groups -OCH3 is 1. The van der Waals surface area contributed by atoms with E-state index in [2.05, 4.69) is 17.6 Å². The molecule has 0 unspecified atom stereocenters. The molecule has 0 aromatic heterocycles. The van der Waals surface area contributed by atoms with Crippen molar-refractivity contribution in [3.05, 3.63) is 83.6 Å². The zero-order chi connectivity index (χ0) is 25.3. The van der Waals surface area contributed by atoms with Crippen LogP contribution < -0.4 is 29.6 Å². The van der Waals surface area contributed by atoms with E-state index >= 15 is 0 Å². The first-order chi connectivity index (χ1) is 17.6. The molecule has 8 heteroatoms. The van der Waals surface area contributed by atoms with Crippen molar-refractivity contribution in [1.29, 1.82) is 0 Å². The molecule has 3 aromatic rings. The minimum atomic E-state index is -0.481. The molecule has 0 atom stereocenters. The van der Waals surface area contributed by atoms with E-state index in [9.17, 15) is 9.59 Å². The van der Waals surface area contributed by atoms with Crippen LogP contribution in [0.2, 0.25) is 0 Å². The summed E-state index contributed by atoms with van der Waals surface area (Å²) in [6.45, 7) is 2.86. The SMILES string of the molecule is CCCCOc1ccc(C(=O)NC(=Cc2ccc3c(c2)OCO3)C(=O)Nc2ccc(OC)cc2)cc1. The second-order valence-corrected chi connectivity index (χ2v) is 8.03. The Hall–Kier alpha value is -4.46. The Morgan fingerprint density at radius 2 is 1.67 bits per heavy atom. The Bertz CT molecular complexity index is 1240. The molecular formula is C28H28N2O6. The summed E-state index contributed by atoms with van der Waals surface area (Å²) in [5, 5.41) is 5.54. The van der Waals surface area contributed by atoms with Crippen LogP contribution in [0.1, 0.15) is 35.7 Å². The number of benzene rings is 3. The summed E-state index contributed by atoms with van der Waals surface area (Å²) in [5.74, 6) is 1.65. The Morgan fingerprint density at radius 1 is 0.944 bits per heavy atom. The van der Waals surface area contributed by atoms with E-state index in [1.165, 1.54) is 0 Å². The number of carbonyl (C=O) groups is 2. The molecule has 0 aliphatic carbocycles. The lowest BCUT2D eigenvalue weighted by atomic mass is 10.1. The summed E-state index contributed by atoms with van der Waals surface area (Å²) in [4.78, 5) is 26.2. The lowest BCUT2D eigenvalue weighted by molar-refractivity contribution is -0.113. The van der Waals surface area contributed by atoms with Gasteiger partial charge in [0.25, 0.3) is 11.8 Å². The van der Waals surface area contributed by atoms with Gasteiger partial charge in [-0.3, -0.25) is 9.59 Å². The highest BCUT2D eigenvalue weighted by atomic mass is 16.7. The van der Waals surface area contributed by atoms with E-state index in [-0.39, 0.29) is 12.5 Å². The van der Waals surface area contributed by atoms with E-state index in [0.717, 1.165) is 12.8 Å². The summed E-state index contributed by atoms with van der Waals surface area (Å²) in [6.07, 6.45) is 3.58. The van der Waals surface area contributed by atoms with Gasteiger partial charge in [-0.2, -0.15) is 0 Å². The Balaban J connectivity index is 1.54. The Labute approximate surface area is 209 Å². The van der Waals surface area contributed by atoms with Crippen molar-refractivity contribution >= 4 is 23.6 Å². The monoisotopic (exact) mass is 488 g/mol. The molecule has 0 fully saturated rings. The van der Waals surface area contributed by atoms with Gasteiger partial charge in [0.1, 0.15) is 17.2 Å². The van der Waals surface area contributed by atoms with E-state index in [0.29, 0.717) is 46.4 Å². The maximum absolute atomic E-state index is 13.2.